The number of ether oxygens (including phenoxy) is 3. The van der Waals surface area contributed by atoms with Gasteiger partial charge in [0.1, 0.15) is 31.9 Å². The molecular formula is C17H25BN3O7P. The third-order valence-electron chi connectivity index (χ3n) is 4.56. The Bertz CT molecular complexity index is 824. The molecule has 2 aromatic rings. The van der Waals surface area contributed by atoms with Crippen molar-refractivity contribution in [1.29, 1.82) is 0 Å². The van der Waals surface area contributed by atoms with Gasteiger partial charge in [-0.25, -0.2) is 9.25 Å². The summed E-state index contributed by atoms with van der Waals surface area (Å²) in [6.45, 7) is 0.932. The summed E-state index contributed by atoms with van der Waals surface area (Å²) in [6, 6.07) is 9.53. The molecule has 1 aliphatic heterocycles. The Hall–Kier alpha value is -1.59. The van der Waals surface area contributed by atoms with Crippen molar-refractivity contribution in [3.63, 3.8) is 0 Å². The second-order valence-electron chi connectivity index (χ2n) is 6.72. The Morgan fingerprint density at radius 1 is 1.28 bits per heavy atom. The van der Waals surface area contributed by atoms with E-state index in [2.05, 4.69) is 14.8 Å². The van der Waals surface area contributed by atoms with Gasteiger partial charge in [0.05, 0.1) is 32.0 Å². The van der Waals surface area contributed by atoms with Crippen molar-refractivity contribution in [2.24, 2.45) is 0 Å². The van der Waals surface area contributed by atoms with Crippen molar-refractivity contribution in [1.82, 2.24) is 15.0 Å². The molecule has 1 fully saturated rings. The molecule has 1 aliphatic rings. The molecule has 0 spiro atoms. The summed E-state index contributed by atoms with van der Waals surface area (Å²) in [7, 11) is 0.195. The molecule has 158 valence electrons. The number of rotatable bonds is 10. The van der Waals surface area contributed by atoms with Gasteiger partial charge in [0.25, 0.3) is 0 Å². The van der Waals surface area contributed by atoms with Crippen molar-refractivity contribution < 1.29 is 32.7 Å². The zero-order chi connectivity index (χ0) is 20.9. The van der Waals surface area contributed by atoms with E-state index in [1.807, 2.05) is 30.3 Å². The van der Waals surface area contributed by atoms with Gasteiger partial charge in [-0.3, -0.25) is 9.05 Å². The fourth-order valence-electron chi connectivity index (χ4n) is 3.20. The highest BCUT2D eigenvalue weighted by Gasteiger charge is 2.47. The van der Waals surface area contributed by atoms with Crippen LogP contribution < -0.4 is 0 Å². The first kappa shape index (κ1) is 22.1. The molecule has 0 saturated carbocycles. The molecule has 5 atom stereocenters. The molecule has 10 nitrogen and oxygen atoms in total. The molecule has 0 amide bonds. The number of phosphoric ester groups is 1. The zero-order valence-corrected chi connectivity index (χ0v) is 17.5. The first-order valence-corrected chi connectivity index (χ1v) is 10.7. The fourth-order valence-corrected chi connectivity index (χ4v) is 3.85. The van der Waals surface area contributed by atoms with E-state index in [4.69, 9.17) is 18.7 Å². The van der Waals surface area contributed by atoms with Gasteiger partial charge >= 0.3 is 7.82 Å². The highest BCUT2D eigenvalue weighted by Crippen LogP contribution is 2.46. The van der Waals surface area contributed by atoms with Crippen molar-refractivity contribution in [3.05, 3.63) is 47.8 Å². The molecule has 12 heteroatoms. The molecule has 1 N–H and O–H groups in total. The zero-order valence-electron chi connectivity index (χ0n) is 16.6. The Labute approximate surface area is 170 Å². The van der Waals surface area contributed by atoms with E-state index >= 15 is 0 Å². The van der Waals surface area contributed by atoms with Crippen molar-refractivity contribution >= 4 is 15.7 Å². The smallest absolute Gasteiger partial charge is 0.382 e. The predicted molar refractivity (Wildman–Crippen MR) is 105 cm³/mol. The van der Waals surface area contributed by atoms with Crippen LogP contribution >= 0.6 is 7.82 Å². The van der Waals surface area contributed by atoms with E-state index in [-0.39, 0.29) is 19.2 Å². The number of hydrogen-bond donors (Lipinski definition) is 1. The Morgan fingerprint density at radius 3 is 2.72 bits per heavy atom. The number of hydrogen-bond acceptors (Lipinski definition) is 8. The van der Waals surface area contributed by atoms with Crippen LogP contribution in [0.3, 0.4) is 0 Å². The van der Waals surface area contributed by atoms with E-state index < -0.39 is 26.1 Å². The fraction of sp³-hybridized carbons (Fsp3) is 0.529. The highest BCUT2D eigenvalue weighted by molar-refractivity contribution is 7.47. The van der Waals surface area contributed by atoms with Gasteiger partial charge in [0.2, 0.25) is 0 Å². The largest absolute Gasteiger partial charge is 0.472 e. The predicted octanol–water partition coefficient (Wildman–Crippen LogP) is 0.348. The van der Waals surface area contributed by atoms with Gasteiger partial charge in [0, 0.05) is 14.2 Å². The van der Waals surface area contributed by atoms with Crippen LogP contribution in [-0.2, 0) is 41.0 Å². The highest BCUT2D eigenvalue weighted by atomic mass is 31.2. The summed E-state index contributed by atoms with van der Waals surface area (Å²) in [5.74, 6) is 0. The molecule has 2 unspecified atom stereocenters. The Morgan fingerprint density at radius 2 is 2.03 bits per heavy atom. The van der Waals surface area contributed by atoms with E-state index in [1.54, 1.807) is 18.7 Å². The van der Waals surface area contributed by atoms with Gasteiger partial charge in [-0.05, 0) is 5.56 Å². The second-order valence-corrected chi connectivity index (χ2v) is 8.24. The lowest BCUT2D eigenvalue weighted by molar-refractivity contribution is -0.0398. The third-order valence-corrected chi connectivity index (χ3v) is 5.53. The maximum atomic E-state index is 11.9. The molecule has 0 bridgehead atoms. The Kier molecular flexibility index (Phi) is 7.58. The van der Waals surface area contributed by atoms with Gasteiger partial charge in [0.15, 0.2) is 0 Å². The molecule has 1 aromatic carbocycles. The lowest BCUT2D eigenvalue weighted by Crippen LogP contribution is -2.38. The minimum Gasteiger partial charge on any atom is -0.382 e. The van der Waals surface area contributed by atoms with Crippen LogP contribution in [0.4, 0.5) is 0 Å². The summed E-state index contributed by atoms with van der Waals surface area (Å²) >= 11 is 0. The quantitative estimate of drug-likeness (QED) is 0.425. The van der Waals surface area contributed by atoms with E-state index in [0.29, 0.717) is 12.2 Å². The standard InChI is InChI=1S/C17H25BN3O7P/c1-24-11-14-15(28-29(22,23)25-2)16(17(18)27-14)26-10-13-9-21(20-19-13)8-12-6-4-3-5-7-12/h3-7,9,14-17H,8,10-11,18H2,1-2H3,(H,22,23)/t14-,15+,16?,17-/m1/s1. The second kappa shape index (κ2) is 9.95. The summed E-state index contributed by atoms with van der Waals surface area (Å²) in [5, 5.41) is 8.23. The minimum absolute atomic E-state index is 0.148. The molecule has 3 rings (SSSR count). The first-order valence-electron chi connectivity index (χ1n) is 9.17. The maximum absolute atomic E-state index is 11.9. The lowest BCUT2D eigenvalue weighted by atomic mass is 9.93. The molecular weight excluding hydrogens is 400 g/mol. The molecule has 29 heavy (non-hydrogen) atoms. The summed E-state index contributed by atoms with van der Waals surface area (Å²) in [4.78, 5) is 9.74. The van der Waals surface area contributed by atoms with Gasteiger partial charge in [-0.2, -0.15) is 0 Å². The van der Waals surface area contributed by atoms with Crippen LogP contribution in [0.5, 0.6) is 0 Å². The van der Waals surface area contributed by atoms with E-state index in [9.17, 15) is 9.46 Å². The Balaban J connectivity index is 1.63. The number of phosphoric acid groups is 1. The monoisotopic (exact) mass is 425 g/mol. The molecule has 2 heterocycles. The molecule has 0 radical (unpaired) electrons. The maximum Gasteiger partial charge on any atom is 0.472 e. The minimum atomic E-state index is -4.23. The number of aromatic nitrogens is 3. The van der Waals surface area contributed by atoms with Crippen molar-refractivity contribution in [2.45, 2.75) is 37.5 Å². The van der Waals surface area contributed by atoms with Crippen LogP contribution in [0.15, 0.2) is 36.5 Å². The number of benzene rings is 1. The third kappa shape index (κ3) is 5.96. The van der Waals surface area contributed by atoms with Crippen molar-refractivity contribution in [2.75, 3.05) is 20.8 Å². The molecule has 1 saturated heterocycles. The van der Waals surface area contributed by atoms with E-state index in [1.165, 1.54) is 7.11 Å². The van der Waals surface area contributed by atoms with Crippen LogP contribution in [0.25, 0.3) is 0 Å². The van der Waals surface area contributed by atoms with Gasteiger partial charge in [-0.15, -0.1) is 5.10 Å². The van der Waals surface area contributed by atoms with Crippen LogP contribution in [0.2, 0.25) is 0 Å². The number of nitrogens with zero attached hydrogens (tertiary/aromatic N) is 3. The lowest BCUT2D eigenvalue weighted by Gasteiger charge is -2.24. The van der Waals surface area contributed by atoms with E-state index in [0.717, 1.165) is 12.7 Å². The summed E-state index contributed by atoms with van der Waals surface area (Å²) in [6.07, 6.45) is -0.211. The van der Waals surface area contributed by atoms with Crippen molar-refractivity contribution in [3.8, 4) is 0 Å². The molecule has 0 aliphatic carbocycles. The van der Waals surface area contributed by atoms with Crippen LogP contribution in [0, 0.1) is 0 Å². The summed E-state index contributed by atoms with van der Waals surface area (Å²) in [5.41, 5.74) is 1.73. The average Bonchev–Trinajstić information content (AvgIpc) is 3.25. The SMILES string of the molecule is B[C@@H]1O[C@H](COC)[C@H](OP(=O)(O)OC)C1OCc1cn(Cc2ccccc2)nn1. The first-order chi connectivity index (χ1) is 13.9. The summed E-state index contributed by atoms with van der Waals surface area (Å²) < 4.78 is 40.3. The van der Waals surface area contributed by atoms with Gasteiger partial charge < -0.3 is 19.1 Å². The topological polar surface area (TPSA) is 114 Å². The normalized spacial score (nSPS) is 26.4. The average molecular weight is 425 g/mol. The van der Waals surface area contributed by atoms with Crippen LogP contribution in [0.1, 0.15) is 11.3 Å². The van der Waals surface area contributed by atoms with Crippen LogP contribution in [-0.4, -0.2) is 72.9 Å². The number of methoxy groups -OCH3 is 1. The molecule has 1 aromatic heterocycles. The van der Waals surface area contributed by atoms with Gasteiger partial charge in [-0.1, -0.05) is 35.5 Å².